The summed E-state index contributed by atoms with van der Waals surface area (Å²) >= 11 is 0. The molecule has 0 spiro atoms. The zero-order valence-electron chi connectivity index (χ0n) is 8.03. The van der Waals surface area contributed by atoms with Gasteiger partial charge in [0.1, 0.15) is 0 Å². The molecule has 0 aromatic carbocycles. The van der Waals surface area contributed by atoms with E-state index in [-0.39, 0.29) is 17.9 Å². The molecule has 0 radical (unpaired) electrons. The van der Waals surface area contributed by atoms with Gasteiger partial charge in [-0.2, -0.15) is 4.80 Å². The SMILES string of the molecule is CC(C)(C)n1nnc(C(F)CN)n1. The minimum Gasteiger partial charge on any atom is -0.327 e. The quantitative estimate of drug-likeness (QED) is 0.727. The van der Waals surface area contributed by atoms with Crippen molar-refractivity contribution in [1.29, 1.82) is 0 Å². The largest absolute Gasteiger partial charge is 0.327 e. The molecule has 5 nitrogen and oxygen atoms in total. The van der Waals surface area contributed by atoms with Crippen LogP contribution in [0.4, 0.5) is 4.39 Å². The van der Waals surface area contributed by atoms with Crippen molar-refractivity contribution in [3.05, 3.63) is 5.82 Å². The van der Waals surface area contributed by atoms with Crippen LogP contribution in [0, 0.1) is 0 Å². The van der Waals surface area contributed by atoms with Crippen molar-refractivity contribution < 1.29 is 4.39 Å². The second-order valence-corrected chi connectivity index (χ2v) is 3.81. The third-order valence-electron chi connectivity index (χ3n) is 1.52. The predicted octanol–water partition coefficient (Wildman–Crippen LogP) is 0.397. The highest BCUT2D eigenvalue weighted by molar-refractivity contribution is 4.85. The Morgan fingerprint density at radius 3 is 2.54 bits per heavy atom. The first kappa shape index (κ1) is 10.0. The Hall–Kier alpha value is -1.04. The summed E-state index contributed by atoms with van der Waals surface area (Å²) in [6.45, 7) is 5.62. The second kappa shape index (κ2) is 3.37. The summed E-state index contributed by atoms with van der Waals surface area (Å²) in [6, 6.07) is 0. The second-order valence-electron chi connectivity index (χ2n) is 3.81. The standard InChI is InChI=1S/C7H14FN5/c1-7(2,3)13-11-6(10-12-13)5(8)4-9/h5H,4,9H2,1-3H3. The maximum Gasteiger partial charge on any atom is 0.210 e. The first-order chi connectivity index (χ1) is 5.95. The molecule has 0 bridgehead atoms. The summed E-state index contributed by atoms with van der Waals surface area (Å²) in [4.78, 5) is 1.38. The molecule has 0 aliphatic heterocycles. The molecule has 13 heavy (non-hydrogen) atoms. The highest BCUT2D eigenvalue weighted by atomic mass is 19.1. The summed E-state index contributed by atoms with van der Waals surface area (Å²) in [6.07, 6.45) is -1.32. The predicted molar refractivity (Wildman–Crippen MR) is 45.7 cm³/mol. The molecule has 74 valence electrons. The van der Waals surface area contributed by atoms with E-state index in [0.29, 0.717) is 0 Å². The number of tetrazole rings is 1. The van der Waals surface area contributed by atoms with E-state index in [1.165, 1.54) is 4.80 Å². The summed E-state index contributed by atoms with van der Waals surface area (Å²) in [5, 5.41) is 11.2. The zero-order chi connectivity index (χ0) is 10.1. The summed E-state index contributed by atoms with van der Waals surface area (Å²) in [5.41, 5.74) is 4.85. The molecule has 1 aromatic heterocycles. The number of nitrogens with two attached hydrogens (primary N) is 1. The van der Waals surface area contributed by atoms with Crippen LogP contribution in [0.1, 0.15) is 32.8 Å². The van der Waals surface area contributed by atoms with E-state index >= 15 is 0 Å². The van der Waals surface area contributed by atoms with Crippen LogP contribution in [0.2, 0.25) is 0 Å². The zero-order valence-corrected chi connectivity index (χ0v) is 8.03. The van der Waals surface area contributed by atoms with Crippen LogP contribution >= 0.6 is 0 Å². The topological polar surface area (TPSA) is 69.6 Å². The normalized spacial score (nSPS) is 14.5. The van der Waals surface area contributed by atoms with Crippen LogP contribution in [-0.4, -0.2) is 26.8 Å². The average Bonchev–Trinajstić information content (AvgIpc) is 2.50. The lowest BCUT2D eigenvalue weighted by Crippen LogP contribution is -2.25. The van der Waals surface area contributed by atoms with E-state index in [2.05, 4.69) is 15.4 Å². The van der Waals surface area contributed by atoms with Gasteiger partial charge in [0.15, 0.2) is 6.17 Å². The first-order valence-corrected chi connectivity index (χ1v) is 4.09. The number of rotatable bonds is 2. The van der Waals surface area contributed by atoms with E-state index in [1.807, 2.05) is 20.8 Å². The number of aromatic nitrogens is 4. The Kier molecular flexibility index (Phi) is 2.60. The van der Waals surface area contributed by atoms with Crippen molar-refractivity contribution in [2.24, 2.45) is 5.73 Å². The third kappa shape index (κ3) is 2.21. The van der Waals surface area contributed by atoms with Gasteiger partial charge in [0.2, 0.25) is 5.82 Å². The summed E-state index contributed by atoms with van der Waals surface area (Å²) < 4.78 is 13.0. The van der Waals surface area contributed by atoms with Gasteiger partial charge in [-0.15, -0.1) is 10.2 Å². The molecule has 1 rings (SSSR count). The number of nitrogens with zero attached hydrogens (tertiary/aromatic N) is 4. The smallest absolute Gasteiger partial charge is 0.210 e. The van der Waals surface area contributed by atoms with E-state index < -0.39 is 6.17 Å². The highest BCUT2D eigenvalue weighted by Gasteiger charge is 2.20. The lowest BCUT2D eigenvalue weighted by atomic mass is 10.1. The van der Waals surface area contributed by atoms with Gasteiger partial charge in [-0.1, -0.05) is 0 Å². The van der Waals surface area contributed by atoms with Crippen molar-refractivity contribution in [1.82, 2.24) is 20.2 Å². The molecular weight excluding hydrogens is 173 g/mol. The van der Waals surface area contributed by atoms with Crippen LogP contribution in [-0.2, 0) is 5.54 Å². The molecule has 0 saturated carbocycles. The van der Waals surface area contributed by atoms with Gasteiger partial charge in [-0.05, 0) is 26.0 Å². The molecule has 1 atom stereocenters. The average molecular weight is 187 g/mol. The van der Waals surface area contributed by atoms with Gasteiger partial charge >= 0.3 is 0 Å². The van der Waals surface area contributed by atoms with Crippen LogP contribution in [0.3, 0.4) is 0 Å². The fraction of sp³-hybridized carbons (Fsp3) is 0.857. The van der Waals surface area contributed by atoms with Crippen molar-refractivity contribution in [2.75, 3.05) is 6.54 Å². The Labute approximate surface area is 76.1 Å². The van der Waals surface area contributed by atoms with E-state index in [9.17, 15) is 4.39 Å². The lowest BCUT2D eigenvalue weighted by molar-refractivity contribution is 0.296. The van der Waals surface area contributed by atoms with Gasteiger partial charge in [-0.3, -0.25) is 0 Å². The molecular formula is C7H14FN5. The number of hydrogen-bond acceptors (Lipinski definition) is 4. The Morgan fingerprint density at radius 1 is 1.54 bits per heavy atom. The van der Waals surface area contributed by atoms with Gasteiger partial charge in [0, 0.05) is 6.54 Å². The van der Waals surface area contributed by atoms with Gasteiger partial charge in [0.05, 0.1) is 5.54 Å². The lowest BCUT2D eigenvalue weighted by Gasteiger charge is -2.15. The van der Waals surface area contributed by atoms with Gasteiger partial charge < -0.3 is 5.73 Å². The van der Waals surface area contributed by atoms with Crippen molar-refractivity contribution in [2.45, 2.75) is 32.5 Å². The number of halogens is 1. The van der Waals surface area contributed by atoms with E-state index in [1.54, 1.807) is 0 Å². The number of hydrogen-bond donors (Lipinski definition) is 1. The summed E-state index contributed by atoms with van der Waals surface area (Å²) in [7, 11) is 0. The Morgan fingerprint density at radius 2 is 2.15 bits per heavy atom. The minimum atomic E-state index is -1.32. The molecule has 1 unspecified atom stereocenters. The maximum atomic E-state index is 13.0. The molecule has 0 aliphatic carbocycles. The monoisotopic (exact) mass is 187 g/mol. The van der Waals surface area contributed by atoms with Crippen molar-refractivity contribution >= 4 is 0 Å². The highest BCUT2D eigenvalue weighted by Crippen LogP contribution is 2.13. The van der Waals surface area contributed by atoms with Gasteiger partial charge in [0.25, 0.3) is 0 Å². The first-order valence-electron chi connectivity index (χ1n) is 4.09. The van der Waals surface area contributed by atoms with Crippen LogP contribution < -0.4 is 5.73 Å². The van der Waals surface area contributed by atoms with Crippen LogP contribution in [0.25, 0.3) is 0 Å². The summed E-state index contributed by atoms with van der Waals surface area (Å²) in [5.74, 6) is 0.0532. The van der Waals surface area contributed by atoms with E-state index in [0.717, 1.165) is 0 Å². The number of alkyl halides is 1. The fourth-order valence-electron chi connectivity index (χ4n) is 0.740. The minimum absolute atomic E-state index is 0.0532. The molecule has 0 saturated heterocycles. The Bertz CT molecular complexity index is 277. The van der Waals surface area contributed by atoms with E-state index in [4.69, 9.17) is 5.73 Å². The van der Waals surface area contributed by atoms with Crippen LogP contribution in [0.15, 0.2) is 0 Å². The van der Waals surface area contributed by atoms with Crippen molar-refractivity contribution in [3.63, 3.8) is 0 Å². The molecule has 0 fully saturated rings. The maximum absolute atomic E-state index is 13.0. The molecule has 0 aliphatic rings. The molecule has 2 N–H and O–H groups in total. The molecule has 0 amide bonds. The molecule has 6 heteroatoms. The van der Waals surface area contributed by atoms with Crippen molar-refractivity contribution in [3.8, 4) is 0 Å². The Balaban J connectivity index is 2.87. The fourth-order valence-corrected chi connectivity index (χ4v) is 0.740. The molecule has 1 aromatic rings. The molecule has 1 heterocycles. The third-order valence-corrected chi connectivity index (χ3v) is 1.52. The van der Waals surface area contributed by atoms with Crippen LogP contribution in [0.5, 0.6) is 0 Å². The van der Waals surface area contributed by atoms with Gasteiger partial charge in [-0.25, -0.2) is 4.39 Å².